The van der Waals surface area contributed by atoms with Crippen molar-refractivity contribution in [2.45, 2.75) is 38.9 Å². The van der Waals surface area contributed by atoms with Crippen molar-refractivity contribution >= 4 is 36.3 Å². The van der Waals surface area contributed by atoms with E-state index in [2.05, 4.69) is 0 Å². The van der Waals surface area contributed by atoms with E-state index in [1.54, 1.807) is 13.1 Å². The first-order chi connectivity index (χ1) is 7.50. The number of benzene rings is 1. The van der Waals surface area contributed by atoms with Gasteiger partial charge in [-0.1, -0.05) is 39.1 Å². The second kappa shape index (κ2) is 6.91. The predicted molar refractivity (Wildman–Crippen MR) is 67.7 cm³/mol. The molecule has 0 saturated carbocycles. The quantitative estimate of drug-likeness (QED) is 0.291. The van der Waals surface area contributed by atoms with Crippen LogP contribution in [0, 0.1) is 29.3 Å². The number of hydrogen-bond donors (Lipinski definition) is 0. The summed E-state index contributed by atoms with van der Waals surface area (Å²) in [5.74, 6) is -5.53. The molecular weight excluding hydrogens is 352 g/mol. The molecule has 0 saturated heterocycles. The summed E-state index contributed by atoms with van der Waals surface area (Å²) in [5, 5.41) is -0.853. The normalized spacial score (nSPS) is 11.6. The Labute approximate surface area is 138 Å². The largest absolute Gasteiger partial charge is 2.00 e. The molecule has 0 aliphatic rings. The first kappa shape index (κ1) is 21.7. The van der Waals surface area contributed by atoms with Crippen LogP contribution in [0.4, 0.5) is 17.6 Å². The van der Waals surface area contributed by atoms with Crippen LogP contribution in [-0.2, 0) is 0 Å². The molecule has 0 nitrogen and oxygen atoms in total. The van der Waals surface area contributed by atoms with Gasteiger partial charge in [0, 0.05) is 23.3 Å². The SMILES string of the molecule is CC(C)(C)[Si](C)(C)c1c(F)c(F)[c-]c(F)c1F.[Br-].[Mg+2]. The van der Waals surface area contributed by atoms with Crippen LogP contribution in [0.1, 0.15) is 20.8 Å². The van der Waals surface area contributed by atoms with Crippen molar-refractivity contribution in [2.75, 3.05) is 0 Å². The zero-order valence-electron chi connectivity index (χ0n) is 11.6. The fourth-order valence-corrected chi connectivity index (χ4v) is 3.51. The topological polar surface area (TPSA) is 0 Å². The summed E-state index contributed by atoms with van der Waals surface area (Å²) < 4.78 is 53.6. The Hall–Kier alpha value is 0.403. The van der Waals surface area contributed by atoms with E-state index in [9.17, 15) is 17.6 Å². The summed E-state index contributed by atoms with van der Waals surface area (Å²) in [6.45, 7) is 8.81. The molecule has 0 N–H and O–H groups in total. The van der Waals surface area contributed by atoms with E-state index in [1.165, 1.54) is 6.07 Å². The number of hydrogen-bond acceptors (Lipinski definition) is 0. The Morgan fingerprint density at radius 1 is 0.895 bits per heavy atom. The molecule has 0 atom stereocenters. The van der Waals surface area contributed by atoms with Crippen molar-refractivity contribution in [3.63, 3.8) is 0 Å². The summed E-state index contributed by atoms with van der Waals surface area (Å²) in [5.41, 5.74) is 0. The van der Waals surface area contributed by atoms with Crippen LogP contribution >= 0.6 is 0 Å². The van der Waals surface area contributed by atoms with Crippen molar-refractivity contribution in [3.05, 3.63) is 29.3 Å². The Morgan fingerprint density at radius 2 is 1.21 bits per heavy atom. The Morgan fingerprint density at radius 3 is 1.47 bits per heavy atom. The van der Waals surface area contributed by atoms with Gasteiger partial charge in [0.25, 0.3) is 0 Å². The van der Waals surface area contributed by atoms with Crippen molar-refractivity contribution in [1.82, 2.24) is 0 Å². The van der Waals surface area contributed by atoms with Crippen LogP contribution in [-0.4, -0.2) is 31.1 Å². The van der Waals surface area contributed by atoms with Gasteiger partial charge in [0.05, 0.1) is 8.07 Å². The number of rotatable bonds is 1. The Balaban J connectivity index is 0. The maximum atomic E-state index is 13.7. The van der Waals surface area contributed by atoms with Gasteiger partial charge in [-0.3, -0.25) is 8.78 Å². The smallest absolute Gasteiger partial charge is 1.00 e. The molecule has 0 fully saturated rings. The Kier molecular flexibility index (Phi) is 7.89. The Bertz CT molecular complexity index is 432. The monoisotopic (exact) mass is 366 g/mol. The van der Waals surface area contributed by atoms with E-state index in [1.807, 2.05) is 20.8 Å². The van der Waals surface area contributed by atoms with Gasteiger partial charge in [0.2, 0.25) is 0 Å². The van der Waals surface area contributed by atoms with Crippen LogP contribution in [0.25, 0.3) is 0 Å². The zero-order chi connectivity index (χ0) is 13.6. The van der Waals surface area contributed by atoms with Gasteiger partial charge in [-0.25, -0.2) is 8.78 Å². The average molecular weight is 368 g/mol. The van der Waals surface area contributed by atoms with Crippen molar-refractivity contribution in [1.29, 1.82) is 0 Å². The van der Waals surface area contributed by atoms with Gasteiger partial charge in [-0.2, -0.15) is 0 Å². The van der Waals surface area contributed by atoms with Crippen molar-refractivity contribution < 1.29 is 34.5 Å². The minimum absolute atomic E-state index is 0. The van der Waals surface area contributed by atoms with Gasteiger partial charge < -0.3 is 17.0 Å². The van der Waals surface area contributed by atoms with E-state index in [4.69, 9.17) is 0 Å². The van der Waals surface area contributed by atoms with E-state index in [0.29, 0.717) is 0 Å². The molecule has 1 rings (SSSR count). The van der Waals surface area contributed by atoms with Crippen LogP contribution < -0.4 is 22.2 Å². The second-order valence-corrected chi connectivity index (χ2v) is 10.9. The molecule has 0 unspecified atom stereocenters. The summed E-state index contributed by atoms with van der Waals surface area (Å²) in [4.78, 5) is 0. The fourth-order valence-electron chi connectivity index (χ4n) is 1.45. The number of halogens is 5. The molecule has 0 heterocycles. The first-order valence-corrected chi connectivity index (χ1v) is 8.26. The van der Waals surface area contributed by atoms with Crippen LogP contribution in [0.5, 0.6) is 0 Å². The third-order valence-electron chi connectivity index (χ3n) is 3.54. The summed E-state index contributed by atoms with van der Waals surface area (Å²) in [7, 11) is -2.68. The zero-order valence-corrected chi connectivity index (χ0v) is 15.6. The molecule has 0 bridgehead atoms. The van der Waals surface area contributed by atoms with Gasteiger partial charge >= 0.3 is 23.1 Å². The van der Waals surface area contributed by atoms with Gasteiger partial charge in [-0.15, -0.1) is 6.07 Å². The summed E-state index contributed by atoms with van der Waals surface area (Å²) in [6.07, 6.45) is 0. The maximum Gasteiger partial charge on any atom is 2.00 e. The van der Waals surface area contributed by atoms with E-state index < -0.39 is 41.6 Å². The predicted octanol–water partition coefficient (Wildman–Crippen LogP) is 0.382. The third-order valence-corrected chi connectivity index (χ3v) is 8.98. The van der Waals surface area contributed by atoms with Gasteiger partial charge in [0.1, 0.15) is 0 Å². The molecule has 0 aliphatic heterocycles. The molecule has 104 valence electrons. The van der Waals surface area contributed by atoms with Gasteiger partial charge in [-0.05, 0) is 5.04 Å². The molecule has 0 aromatic heterocycles. The maximum absolute atomic E-state index is 13.7. The fraction of sp³-hybridized carbons (Fsp3) is 0.500. The van der Waals surface area contributed by atoms with Crippen LogP contribution in [0.15, 0.2) is 0 Å². The molecule has 7 heteroatoms. The first-order valence-electron chi connectivity index (χ1n) is 5.26. The van der Waals surface area contributed by atoms with Gasteiger partial charge in [0.15, 0.2) is 0 Å². The summed E-state index contributed by atoms with van der Waals surface area (Å²) >= 11 is 0. The average Bonchev–Trinajstić information content (AvgIpc) is 2.13. The van der Waals surface area contributed by atoms with Crippen LogP contribution in [0.2, 0.25) is 18.1 Å². The molecule has 0 amide bonds. The van der Waals surface area contributed by atoms with E-state index >= 15 is 0 Å². The summed E-state index contributed by atoms with van der Waals surface area (Å²) in [6, 6.07) is 1.41. The van der Waals surface area contributed by atoms with E-state index in [0.717, 1.165) is 0 Å². The van der Waals surface area contributed by atoms with Crippen molar-refractivity contribution in [2.24, 2.45) is 0 Å². The second-order valence-electron chi connectivity index (χ2n) is 5.63. The molecule has 0 spiro atoms. The minimum atomic E-state index is -2.68. The minimum Gasteiger partial charge on any atom is -1.00 e. The molecule has 1 aromatic carbocycles. The van der Waals surface area contributed by atoms with Crippen molar-refractivity contribution in [3.8, 4) is 0 Å². The molecular formula is C12H15BrF4MgSi. The molecule has 0 aliphatic carbocycles. The standard InChI is InChI=1S/C12H15F4Si.BrH.Mg/c1-12(2,3)17(4,5)11-9(15)7(13)6-8(14)10(11)16;;/h1-5H3;1H;/q-1;;+2/p-1. The molecule has 19 heavy (non-hydrogen) atoms. The van der Waals surface area contributed by atoms with E-state index in [-0.39, 0.29) is 40.0 Å². The molecule has 0 radical (unpaired) electrons. The molecule has 1 aromatic rings. The van der Waals surface area contributed by atoms with Crippen LogP contribution in [0.3, 0.4) is 0 Å². The third kappa shape index (κ3) is 3.95.